The number of hydrogen-bond donors (Lipinski definition) is 1. The molecule has 0 radical (unpaired) electrons. The second-order valence-electron chi connectivity index (χ2n) is 10.5. The molecule has 0 bridgehead atoms. The predicted octanol–water partition coefficient (Wildman–Crippen LogP) is 8.36. The van der Waals surface area contributed by atoms with Crippen molar-refractivity contribution in [3.05, 3.63) is 103 Å². The van der Waals surface area contributed by atoms with Crippen LogP contribution >= 0.6 is 23.2 Å². The predicted molar refractivity (Wildman–Crippen MR) is 177 cm³/mol. The van der Waals surface area contributed by atoms with Crippen molar-refractivity contribution in [2.24, 2.45) is 0 Å². The zero-order valence-electron chi connectivity index (χ0n) is 27.9. The van der Waals surface area contributed by atoms with Crippen molar-refractivity contribution in [3.8, 4) is 23.1 Å². The molecule has 0 atom stereocenters. The van der Waals surface area contributed by atoms with Gasteiger partial charge in [-0.1, -0.05) is 35.3 Å². The molecule has 9 nitrogen and oxygen atoms in total. The van der Waals surface area contributed by atoms with Crippen LogP contribution in [0.5, 0.6) is 23.1 Å². The Labute approximate surface area is 298 Å². The summed E-state index contributed by atoms with van der Waals surface area (Å²) in [5.41, 5.74) is -0.696. The first-order chi connectivity index (χ1) is 23.9. The molecule has 4 rings (SSSR count). The van der Waals surface area contributed by atoms with Gasteiger partial charge in [-0.05, 0) is 49.2 Å². The zero-order valence-corrected chi connectivity index (χ0v) is 29.4. The summed E-state index contributed by atoms with van der Waals surface area (Å²) in [7, 11) is 5.92. The van der Waals surface area contributed by atoms with E-state index >= 15 is 0 Å². The molecule has 17 heteroatoms. The summed E-state index contributed by atoms with van der Waals surface area (Å²) < 4.78 is 97.6. The Kier molecular flexibility index (Phi) is 13.5. The van der Waals surface area contributed by atoms with Gasteiger partial charge in [0.25, 0.3) is 5.91 Å². The number of nitrogens with zero attached hydrogens (tertiary/aromatic N) is 2. The largest absolute Gasteiger partial charge is 0.493 e. The van der Waals surface area contributed by atoms with E-state index in [0.717, 1.165) is 18.2 Å². The molecule has 2 heterocycles. The number of pyridine rings is 2. The lowest BCUT2D eigenvalue weighted by Crippen LogP contribution is -2.28. The Morgan fingerprint density at radius 1 is 0.784 bits per heavy atom. The number of alkyl halides is 6. The fraction of sp³-hybridized carbons (Fsp3) is 0.294. The quantitative estimate of drug-likeness (QED) is 0.127. The molecule has 0 saturated carbocycles. The Morgan fingerprint density at radius 2 is 1.43 bits per heavy atom. The lowest BCUT2D eigenvalue weighted by Gasteiger charge is -2.19. The Hall–Kier alpha value is -4.76. The van der Waals surface area contributed by atoms with Crippen molar-refractivity contribution in [1.29, 1.82) is 0 Å². The number of aromatic nitrogens is 2. The zero-order chi connectivity index (χ0) is 38.3. The van der Waals surface area contributed by atoms with Gasteiger partial charge in [0.2, 0.25) is 17.4 Å². The molecule has 0 aliphatic rings. The summed E-state index contributed by atoms with van der Waals surface area (Å²) in [6, 6.07) is 6.67. The van der Waals surface area contributed by atoms with E-state index in [1.54, 1.807) is 19.9 Å². The second-order valence-corrected chi connectivity index (χ2v) is 11.3. The Bertz CT molecular complexity index is 1900. The number of benzene rings is 2. The fourth-order valence-electron chi connectivity index (χ4n) is 4.79. The number of halogens is 8. The van der Waals surface area contributed by atoms with Gasteiger partial charge in [-0.3, -0.25) is 14.6 Å². The van der Waals surface area contributed by atoms with E-state index in [4.69, 9.17) is 42.1 Å². The Balaban J connectivity index is 0.000000276. The summed E-state index contributed by atoms with van der Waals surface area (Å²) >= 11 is 11.9. The molecule has 2 aromatic carbocycles. The maximum Gasteiger partial charge on any atom is 0.417 e. The van der Waals surface area contributed by atoms with E-state index in [9.17, 15) is 35.9 Å². The molecule has 0 spiro atoms. The normalized spacial score (nSPS) is 11.3. The molecule has 0 aliphatic heterocycles. The van der Waals surface area contributed by atoms with Gasteiger partial charge in [0, 0.05) is 25.4 Å². The van der Waals surface area contributed by atoms with E-state index in [2.05, 4.69) is 15.3 Å². The van der Waals surface area contributed by atoms with Gasteiger partial charge in [-0.15, -0.1) is 0 Å². The summed E-state index contributed by atoms with van der Waals surface area (Å²) in [6.07, 6.45) is -7.28. The number of carbonyl (C=O) groups excluding carboxylic acids is 2. The summed E-state index contributed by atoms with van der Waals surface area (Å²) in [6.45, 7) is 3.38. The second kappa shape index (κ2) is 17.0. The third-order valence-corrected chi connectivity index (χ3v) is 7.99. The van der Waals surface area contributed by atoms with Gasteiger partial charge in [0.1, 0.15) is 0 Å². The number of ether oxygens (including phenoxy) is 4. The van der Waals surface area contributed by atoms with Gasteiger partial charge < -0.3 is 24.3 Å². The minimum atomic E-state index is -4.69. The van der Waals surface area contributed by atoms with Gasteiger partial charge in [-0.2, -0.15) is 26.3 Å². The van der Waals surface area contributed by atoms with Gasteiger partial charge >= 0.3 is 12.4 Å². The smallest absolute Gasteiger partial charge is 0.417 e. The molecule has 51 heavy (non-hydrogen) atoms. The molecule has 0 saturated heterocycles. The highest BCUT2D eigenvalue weighted by Crippen LogP contribution is 2.43. The molecule has 2 aromatic heterocycles. The fourth-order valence-corrected chi connectivity index (χ4v) is 5.19. The maximum atomic E-state index is 13.3. The number of amides is 1. The van der Waals surface area contributed by atoms with Crippen LogP contribution in [0, 0.1) is 13.8 Å². The molecule has 0 fully saturated rings. The van der Waals surface area contributed by atoms with Crippen LogP contribution in [-0.4, -0.2) is 56.6 Å². The van der Waals surface area contributed by atoms with E-state index in [1.807, 2.05) is 0 Å². The number of rotatable bonds is 10. The van der Waals surface area contributed by atoms with Crippen molar-refractivity contribution < 1.29 is 54.9 Å². The molecule has 1 amide bonds. The van der Waals surface area contributed by atoms with Crippen LogP contribution in [0.25, 0.3) is 0 Å². The monoisotopic (exact) mass is 761 g/mol. The van der Waals surface area contributed by atoms with Crippen LogP contribution < -0.4 is 24.3 Å². The summed E-state index contributed by atoms with van der Waals surface area (Å²) in [4.78, 5) is 33.0. The van der Waals surface area contributed by atoms with E-state index in [0.29, 0.717) is 45.5 Å². The average Bonchev–Trinajstić information content (AvgIpc) is 3.08. The first-order valence-corrected chi connectivity index (χ1v) is 15.4. The van der Waals surface area contributed by atoms with Crippen LogP contribution in [0.15, 0.2) is 48.8 Å². The number of carbonyl (C=O) groups is 2. The van der Waals surface area contributed by atoms with Crippen LogP contribution in [0.4, 0.5) is 26.3 Å². The molecule has 0 aliphatic carbocycles. The maximum absolute atomic E-state index is 13.3. The van der Waals surface area contributed by atoms with Crippen molar-refractivity contribution >= 4 is 34.9 Å². The Morgan fingerprint density at radius 3 is 1.98 bits per heavy atom. The third kappa shape index (κ3) is 9.52. The average molecular weight is 763 g/mol. The molecule has 0 unspecified atom stereocenters. The van der Waals surface area contributed by atoms with Crippen LogP contribution in [0.1, 0.15) is 54.2 Å². The first-order valence-electron chi connectivity index (χ1n) is 14.6. The van der Waals surface area contributed by atoms with E-state index in [1.165, 1.54) is 40.7 Å². The third-order valence-electron chi connectivity index (χ3n) is 7.29. The standard InChI is InChI=1S/C18H20ClNO5.C16H11ClF6N2O/c1-9-7-12(22-3)16(23-4)17(24-5)13(9)15(21)14-10(2)11(19)8-20-18(14)25-6;17-12-7-9(15(18,19)20)8-25-13(12)5-6-24-14(26)10-3-1-2-4-11(10)16(21,22)23/h7-8H,1-6H3;1-4,7-8H,5-6H2,(H,24,26). The van der Waals surface area contributed by atoms with Crippen molar-refractivity contribution in [2.75, 3.05) is 35.0 Å². The number of methoxy groups -OCH3 is 4. The number of hydrogen-bond acceptors (Lipinski definition) is 8. The van der Waals surface area contributed by atoms with Crippen molar-refractivity contribution in [2.45, 2.75) is 32.6 Å². The van der Waals surface area contributed by atoms with Gasteiger partial charge in [0.15, 0.2) is 11.5 Å². The van der Waals surface area contributed by atoms with E-state index in [-0.39, 0.29) is 46.7 Å². The molecule has 1 N–H and O–H groups in total. The number of nitrogens with one attached hydrogen (secondary N) is 1. The van der Waals surface area contributed by atoms with Crippen molar-refractivity contribution in [3.63, 3.8) is 0 Å². The molecule has 4 aromatic rings. The summed E-state index contributed by atoms with van der Waals surface area (Å²) in [5, 5.41) is 2.40. The summed E-state index contributed by atoms with van der Waals surface area (Å²) in [5.74, 6) is 0.0152. The first kappa shape index (κ1) is 40.7. The molecular formula is C34H31Cl2F6N3O6. The van der Waals surface area contributed by atoms with Gasteiger partial charge in [-0.25, -0.2) is 4.98 Å². The van der Waals surface area contributed by atoms with Crippen LogP contribution in [-0.2, 0) is 18.8 Å². The van der Waals surface area contributed by atoms with Crippen molar-refractivity contribution in [1.82, 2.24) is 15.3 Å². The number of aryl methyl sites for hydroxylation is 1. The minimum Gasteiger partial charge on any atom is -0.493 e. The van der Waals surface area contributed by atoms with Gasteiger partial charge in [0.05, 0.1) is 72.0 Å². The minimum absolute atomic E-state index is 0.0447. The SMILES string of the molecule is COc1cc(C)c(C(=O)c2c(OC)ncc(Cl)c2C)c(OC)c1OC.O=C(NCCc1ncc(C(F)(F)F)cc1Cl)c1ccccc1C(F)(F)F. The van der Waals surface area contributed by atoms with E-state index < -0.39 is 35.0 Å². The number of ketones is 1. The highest BCUT2D eigenvalue weighted by atomic mass is 35.5. The topological polar surface area (TPSA) is 109 Å². The van der Waals surface area contributed by atoms with Crippen LogP contribution in [0.2, 0.25) is 10.0 Å². The highest BCUT2D eigenvalue weighted by Gasteiger charge is 2.35. The lowest BCUT2D eigenvalue weighted by atomic mass is 9.95. The lowest BCUT2D eigenvalue weighted by molar-refractivity contribution is -0.138. The highest BCUT2D eigenvalue weighted by molar-refractivity contribution is 6.32. The van der Waals surface area contributed by atoms with Crippen LogP contribution in [0.3, 0.4) is 0 Å². The molecular weight excluding hydrogens is 731 g/mol. The molecule has 274 valence electrons.